The van der Waals surface area contributed by atoms with Crippen LogP contribution in [0.15, 0.2) is 73.1 Å². The Morgan fingerprint density at radius 3 is 2.30 bits per heavy atom. The lowest BCUT2D eigenvalue weighted by Gasteiger charge is -2.31. The molecule has 5 heteroatoms. The highest BCUT2D eigenvalue weighted by Crippen LogP contribution is 2.29. The molecule has 0 unspecified atom stereocenters. The molecule has 0 bridgehead atoms. The molecule has 4 rings (SSSR count). The molecule has 1 N–H and O–H groups in total. The molecule has 1 aliphatic heterocycles. The standard InChI is InChI=1S/C22H22N4O/c27-21(18-11-15-26(16-12-18)22-23-13-6-14-24-22)25-20-10-5-4-9-19(20)17-7-2-1-3-8-17/h1-10,13-14,18H,11-12,15-16H2,(H,25,27). The fraction of sp³-hybridized carbons (Fsp3) is 0.227. The lowest BCUT2D eigenvalue weighted by molar-refractivity contribution is -0.120. The summed E-state index contributed by atoms with van der Waals surface area (Å²) < 4.78 is 0. The Bertz CT molecular complexity index is 890. The van der Waals surface area contributed by atoms with Crippen LogP contribution in [0.1, 0.15) is 12.8 Å². The smallest absolute Gasteiger partial charge is 0.227 e. The molecule has 5 nitrogen and oxygen atoms in total. The molecular weight excluding hydrogens is 336 g/mol. The van der Waals surface area contributed by atoms with Crippen LogP contribution in [-0.4, -0.2) is 29.0 Å². The number of carbonyl (C=O) groups excluding carboxylic acids is 1. The van der Waals surface area contributed by atoms with Gasteiger partial charge in [-0.25, -0.2) is 9.97 Å². The first-order chi connectivity index (χ1) is 13.3. The topological polar surface area (TPSA) is 58.1 Å². The molecule has 0 saturated carbocycles. The molecule has 27 heavy (non-hydrogen) atoms. The van der Waals surface area contributed by atoms with Crippen LogP contribution in [0.2, 0.25) is 0 Å². The van der Waals surface area contributed by atoms with Crippen LogP contribution in [-0.2, 0) is 4.79 Å². The highest BCUT2D eigenvalue weighted by atomic mass is 16.1. The normalized spacial score (nSPS) is 14.7. The zero-order valence-corrected chi connectivity index (χ0v) is 15.1. The van der Waals surface area contributed by atoms with Gasteiger partial charge in [-0.3, -0.25) is 4.79 Å². The monoisotopic (exact) mass is 358 g/mol. The number of nitrogens with one attached hydrogen (secondary N) is 1. The lowest BCUT2D eigenvalue weighted by Crippen LogP contribution is -2.39. The Balaban J connectivity index is 1.42. The first-order valence-electron chi connectivity index (χ1n) is 9.28. The Morgan fingerprint density at radius 1 is 0.889 bits per heavy atom. The number of hydrogen-bond donors (Lipinski definition) is 1. The molecule has 1 amide bonds. The largest absolute Gasteiger partial charge is 0.341 e. The molecule has 136 valence electrons. The third-order valence-corrected chi connectivity index (χ3v) is 4.97. The van der Waals surface area contributed by atoms with Crippen molar-refractivity contribution in [1.29, 1.82) is 0 Å². The SMILES string of the molecule is O=C(Nc1ccccc1-c1ccccc1)C1CCN(c2ncccn2)CC1. The first kappa shape index (κ1) is 17.2. The van der Waals surface area contributed by atoms with Crippen molar-refractivity contribution < 1.29 is 4.79 Å². The maximum atomic E-state index is 12.8. The minimum Gasteiger partial charge on any atom is -0.341 e. The second-order valence-electron chi connectivity index (χ2n) is 6.71. The molecule has 2 aromatic carbocycles. The van der Waals surface area contributed by atoms with Crippen LogP contribution in [0, 0.1) is 5.92 Å². The summed E-state index contributed by atoms with van der Waals surface area (Å²) in [6.07, 6.45) is 5.11. The molecule has 0 aliphatic carbocycles. The van der Waals surface area contributed by atoms with Gasteiger partial charge in [0.2, 0.25) is 11.9 Å². The zero-order chi connectivity index (χ0) is 18.5. The average Bonchev–Trinajstić information content (AvgIpc) is 2.75. The van der Waals surface area contributed by atoms with Crippen LogP contribution in [0.4, 0.5) is 11.6 Å². The fourth-order valence-corrected chi connectivity index (χ4v) is 3.49. The number of anilines is 2. The second-order valence-corrected chi connectivity index (χ2v) is 6.71. The third-order valence-electron chi connectivity index (χ3n) is 4.97. The van der Waals surface area contributed by atoms with Gasteiger partial charge in [0.1, 0.15) is 0 Å². The summed E-state index contributed by atoms with van der Waals surface area (Å²) in [6, 6.07) is 19.9. The maximum absolute atomic E-state index is 12.8. The summed E-state index contributed by atoms with van der Waals surface area (Å²) in [5.74, 6) is 0.839. The van der Waals surface area contributed by atoms with E-state index in [1.807, 2.05) is 48.5 Å². The van der Waals surface area contributed by atoms with Gasteiger partial charge in [-0.15, -0.1) is 0 Å². The van der Waals surface area contributed by atoms with E-state index in [4.69, 9.17) is 0 Å². The summed E-state index contributed by atoms with van der Waals surface area (Å²) in [7, 11) is 0. The van der Waals surface area contributed by atoms with Gasteiger partial charge in [-0.2, -0.15) is 0 Å². The van der Waals surface area contributed by atoms with E-state index in [9.17, 15) is 4.79 Å². The number of piperidine rings is 1. The van der Waals surface area contributed by atoms with E-state index in [1.165, 1.54) is 0 Å². The molecule has 1 aliphatic rings. The first-order valence-corrected chi connectivity index (χ1v) is 9.28. The van der Waals surface area contributed by atoms with Gasteiger partial charge in [0.15, 0.2) is 0 Å². The number of nitrogens with zero attached hydrogens (tertiary/aromatic N) is 3. The molecule has 1 aromatic heterocycles. The number of rotatable bonds is 4. The molecule has 1 fully saturated rings. The van der Waals surface area contributed by atoms with Gasteiger partial charge in [-0.05, 0) is 30.5 Å². The van der Waals surface area contributed by atoms with Gasteiger partial charge in [0.25, 0.3) is 0 Å². The predicted molar refractivity (Wildman–Crippen MR) is 107 cm³/mol. The summed E-state index contributed by atoms with van der Waals surface area (Å²) >= 11 is 0. The number of amides is 1. The van der Waals surface area contributed by atoms with Crippen LogP contribution in [0.5, 0.6) is 0 Å². The fourth-order valence-electron chi connectivity index (χ4n) is 3.49. The Morgan fingerprint density at radius 2 is 1.56 bits per heavy atom. The molecule has 3 aromatic rings. The van der Waals surface area contributed by atoms with E-state index in [-0.39, 0.29) is 11.8 Å². The van der Waals surface area contributed by atoms with Crippen LogP contribution in [0.3, 0.4) is 0 Å². The highest BCUT2D eigenvalue weighted by molar-refractivity contribution is 5.96. The molecule has 0 radical (unpaired) electrons. The van der Waals surface area contributed by atoms with Gasteiger partial charge in [0, 0.05) is 42.7 Å². The average molecular weight is 358 g/mol. The maximum Gasteiger partial charge on any atom is 0.227 e. The van der Waals surface area contributed by atoms with Gasteiger partial charge in [0.05, 0.1) is 0 Å². The van der Waals surface area contributed by atoms with E-state index < -0.39 is 0 Å². The summed E-state index contributed by atoms with van der Waals surface area (Å²) in [5.41, 5.74) is 3.01. The van der Waals surface area contributed by atoms with Crippen molar-refractivity contribution in [3.63, 3.8) is 0 Å². The third kappa shape index (κ3) is 3.97. The van der Waals surface area contributed by atoms with Gasteiger partial charge >= 0.3 is 0 Å². The number of hydrogen-bond acceptors (Lipinski definition) is 4. The van der Waals surface area contributed by atoms with Crippen molar-refractivity contribution in [2.45, 2.75) is 12.8 Å². The summed E-state index contributed by atoms with van der Waals surface area (Å²) in [4.78, 5) is 23.6. The van der Waals surface area contributed by atoms with Gasteiger partial charge < -0.3 is 10.2 Å². The minimum atomic E-state index is 0.00814. The Hall–Kier alpha value is -3.21. The van der Waals surface area contributed by atoms with Crippen molar-refractivity contribution >= 4 is 17.5 Å². The second kappa shape index (κ2) is 7.99. The van der Waals surface area contributed by atoms with Crippen molar-refractivity contribution in [2.75, 3.05) is 23.3 Å². The number of carbonyl (C=O) groups is 1. The van der Waals surface area contributed by atoms with Crippen molar-refractivity contribution in [3.8, 4) is 11.1 Å². The molecule has 2 heterocycles. The quantitative estimate of drug-likeness (QED) is 0.766. The highest BCUT2D eigenvalue weighted by Gasteiger charge is 2.26. The van der Waals surface area contributed by atoms with Crippen LogP contribution in [0.25, 0.3) is 11.1 Å². The summed E-state index contributed by atoms with van der Waals surface area (Å²) in [6.45, 7) is 1.59. The Kier molecular flexibility index (Phi) is 5.10. The zero-order valence-electron chi connectivity index (χ0n) is 15.1. The molecular formula is C22H22N4O. The van der Waals surface area contributed by atoms with E-state index in [0.717, 1.165) is 48.7 Å². The van der Waals surface area contributed by atoms with E-state index in [1.54, 1.807) is 12.4 Å². The summed E-state index contributed by atoms with van der Waals surface area (Å²) in [5, 5.41) is 3.14. The molecule has 0 atom stereocenters. The Labute approximate surface area is 159 Å². The van der Waals surface area contributed by atoms with Crippen molar-refractivity contribution in [1.82, 2.24) is 9.97 Å². The van der Waals surface area contributed by atoms with E-state index >= 15 is 0 Å². The molecule has 0 spiro atoms. The van der Waals surface area contributed by atoms with E-state index in [2.05, 4.69) is 32.3 Å². The van der Waals surface area contributed by atoms with Crippen LogP contribution >= 0.6 is 0 Å². The molecule has 1 saturated heterocycles. The predicted octanol–water partition coefficient (Wildman–Crippen LogP) is 4.00. The lowest BCUT2D eigenvalue weighted by atomic mass is 9.95. The van der Waals surface area contributed by atoms with Crippen LogP contribution < -0.4 is 10.2 Å². The number of para-hydroxylation sites is 1. The van der Waals surface area contributed by atoms with Crippen molar-refractivity contribution in [2.24, 2.45) is 5.92 Å². The van der Waals surface area contributed by atoms with E-state index in [0.29, 0.717) is 0 Å². The number of benzene rings is 2. The van der Waals surface area contributed by atoms with Gasteiger partial charge in [-0.1, -0.05) is 48.5 Å². The van der Waals surface area contributed by atoms with Crippen molar-refractivity contribution in [3.05, 3.63) is 73.1 Å². The minimum absolute atomic E-state index is 0.00814. The number of aromatic nitrogens is 2.